The molecule has 2 heterocycles. The Kier molecular flexibility index (Phi) is 3.04. The van der Waals surface area contributed by atoms with Crippen molar-refractivity contribution in [2.75, 3.05) is 7.11 Å². The second kappa shape index (κ2) is 4.65. The van der Waals surface area contributed by atoms with Gasteiger partial charge >= 0.3 is 0 Å². The minimum atomic E-state index is -0.572. The second-order valence-electron chi connectivity index (χ2n) is 3.18. The Hall–Kier alpha value is -2.37. The van der Waals surface area contributed by atoms with Crippen LogP contribution in [0.25, 0.3) is 0 Å². The van der Waals surface area contributed by atoms with Crippen LogP contribution in [0, 0.1) is 5.82 Å². The molecule has 0 aliphatic rings. The van der Waals surface area contributed by atoms with Crippen LogP contribution in [0.15, 0.2) is 30.6 Å². The summed E-state index contributed by atoms with van der Waals surface area (Å²) in [5.74, 6) is -0.705. The number of ketones is 1. The average molecular weight is 233 g/mol. The molecule has 0 atom stereocenters. The SMILES string of the molecule is COc1ccc(C(=O)c2cncc(F)c2)nn1. The minimum absolute atomic E-state index is 0.109. The molecule has 2 aromatic heterocycles. The number of methoxy groups -OCH3 is 1. The minimum Gasteiger partial charge on any atom is -0.480 e. The maximum atomic E-state index is 12.9. The van der Waals surface area contributed by atoms with Crippen molar-refractivity contribution in [3.8, 4) is 5.88 Å². The largest absolute Gasteiger partial charge is 0.480 e. The van der Waals surface area contributed by atoms with Crippen molar-refractivity contribution in [3.05, 3.63) is 47.7 Å². The number of hydrogen-bond donors (Lipinski definition) is 0. The van der Waals surface area contributed by atoms with Crippen LogP contribution in [0.5, 0.6) is 5.88 Å². The van der Waals surface area contributed by atoms with Crippen molar-refractivity contribution in [3.63, 3.8) is 0 Å². The molecule has 0 amide bonds. The zero-order valence-electron chi connectivity index (χ0n) is 8.92. The average Bonchev–Trinajstić information content (AvgIpc) is 2.38. The summed E-state index contributed by atoms with van der Waals surface area (Å²) < 4.78 is 17.7. The number of halogens is 1. The molecule has 0 fully saturated rings. The van der Waals surface area contributed by atoms with E-state index in [1.807, 2.05) is 0 Å². The van der Waals surface area contributed by atoms with Crippen LogP contribution in [0.2, 0.25) is 0 Å². The van der Waals surface area contributed by atoms with Crippen molar-refractivity contribution in [2.24, 2.45) is 0 Å². The molecule has 0 radical (unpaired) electrons. The van der Waals surface area contributed by atoms with E-state index in [1.54, 1.807) is 0 Å². The fraction of sp³-hybridized carbons (Fsp3) is 0.0909. The van der Waals surface area contributed by atoms with E-state index in [1.165, 1.54) is 25.4 Å². The molecule has 17 heavy (non-hydrogen) atoms. The van der Waals surface area contributed by atoms with Gasteiger partial charge in [-0.05, 0) is 12.1 Å². The lowest BCUT2D eigenvalue weighted by atomic mass is 10.1. The van der Waals surface area contributed by atoms with Gasteiger partial charge in [-0.3, -0.25) is 9.78 Å². The maximum Gasteiger partial charge on any atom is 0.233 e. The number of nitrogens with zero attached hydrogens (tertiary/aromatic N) is 3. The van der Waals surface area contributed by atoms with E-state index in [0.717, 1.165) is 12.3 Å². The zero-order chi connectivity index (χ0) is 12.3. The van der Waals surface area contributed by atoms with E-state index in [-0.39, 0.29) is 11.3 Å². The van der Waals surface area contributed by atoms with Crippen molar-refractivity contribution >= 4 is 5.78 Å². The van der Waals surface area contributed by atoms with E-state index in [4.69, 9.17) is 4.74 Å². The third kappa shape index (κ3) is 2.41. The summed E-state index contributed by atoms with van der Waals surface area (Å²) in [5, 5.41) is 7.34. The quantitative estimate of drug-likeness (QED) is 0.746. The highest BCUT2D eigenvalue weighted by Crippen LogP contribution is 2.09. The highest BCUT2D eigenvalue weighted by atomic mass is 19.1. The first-order valence-electron chi connectivity index (χ1n) is 4.73. The zero-order valence-corrected chi connectivity index (χ0v) is 8.92. The number of ether oxygens (including phenoxy) is 1. The van der Waals surface area contributed by atoms with Gasteiger partial charge in [0.2, 0.25) is 11.7 Å². The molecule has 5 nitrogen and oxygen atoms in total. The molecule has 2 aromatic rings. The third-order valence-corrected chi connectivity index (χ3v) is 2.05. The van der Waals surface area contributed by atoms with Gasteiger partial charge < -0.3 is 4.74 Å². The molecule has 0 aliphatic heterocycles. The number of pyridine rings is 1. The van der Waals surface area contributed by atoms with Crippen LogP contribution in [0.4, 0.5) is 4.39 Å². The highest BCUT2D eigenvalue weighted by Gasteiger charge is 2.12. The molecule has 0 aromatic carbocycles. The Labute approximate surface area is 96.3 Å². The van der Waals surface area contributed by atoms with Crippen LogP contribution < -0.4 is 4.74 Å². The van der Waals surface area contributed by atoms with Crippen LogP contribution in [0.3, 0.4) is 0 Å². The number of rotatable bonds is 3. The van der Waals surface area contributed by atoms with Gasteiger partial charge in [-0.15, -0.1) is 10.2 Å². The van der Waals surface area contributed by atoms with E-state index in [0.29, 0.717) is 5.88 Å². The molecule has 0 bridgehead atoms. The highest BCUT2D eigenvalue weighted by molar-refractivity contribution is 6.07. The van der Waals surface area contributed by atoms with E-state index >= 15 is 0 Å². The molecule has 6 heteroatoms. The van der Waals surface area contributed by atoms with Crippen molar-refractivity contribution < 1.29 is 13.9 Å². The summed E-state index contributed by atoms with van der Waals surface area (Å²) in [6.07, 6.45) is 2.30. The van der Waals surface area contributed by atoms with E-state index in [9.17, 15) is 9.18 Å². The first kappa shape index (κ1) is 11.1. The molecular weight excluding hydrogens is 225 g/mol. The lowest BCUT2D eigenvalue weighted by molar-refractivity contribution is 0.103. The lowest BCUT2D eigenvalue weighted by Crippen LogP contribution is -2.06. The summed E-state index contributed by atoms with van der Waals surface area (Å²) in [7, 11) is 1.45. The summed E-state index contributed by atoms with van der Waals surface area (Å²) in [6.45, 7) is 0. The lowest BCUT2D eigenvalue weighted by Gasteiger charge is -2.00. The van der Waals surface area contributed by atoms with Crippen molar-refractivity contribution in [2.45, 2.75) is 0 Å². The summed E-state index contributed by atoms with van der Waals surface area (Å²) in [4.78, 5) is 15.4. The summed E-state index contributed by atoms with van der Waals surface area (Å²) in [6, 6.07) is 4.06. The Morgan fingerprint density at radius 1 is 1.29 bits per heavy atom. The second-order valence-corrected chi connectivity index (χ2v) is 3.18. The van der Waals surface area contributed by atoms with Crippen LogP contribution in [0.1, 0.15) is 16.1 Å². The molecule has 0 aliphatic carbocycles. The van der Waals surface area contributed by atoms with Crippen LogP contribution in [-0.2, 0) is 0 Å². The predicted molar refractivity (Wildman–Crippen MR) is 56.2 cm³/mol. The summed E-state index contributed by atoms with van der Waals surface area (Å²) in [5.41, 5.74) is 0.239. The smallest absolute Gasteiger partial charge is 0.233 e. The number of carbonyl (C=O) groups excluding carboxylic acids is 1. The molecule has 0 saturated carbocycles. The van der Waals surface area contributed by atoms with Crippen molar-refractivity contribution in [1.29, 1.82) is 0 Å². The first-order chi connectivity index (χ1) is 8.20. The Morgan fingerprint density at radius 2 is 2.12 bits per heavy atom. The van der Waals surface area contributed by atoms with E-state index < -0.39 is 11.6 Å². The molecule has 0 saturated heterocycles. The Morgan fingerprint density at radius 3 is 2.71 bits per heavy atom. The van der Waals surface area contributed by atoms with Gasteiger partial charge in [0.25, 0.3) is 0 Å². The van der Waals surface area contributed by atoms with Gasteiger partial charge in [0, 0.05) is 17.8 Å². The Balaban J connectivity index is 2.30. The molecule has 0 spiro atoms. The van der Waals surface area contributed by atoms with Crippen LogP contribution in [-0.4, -0.2) is 28.1 Å². The van der Waals surface area contributed by atoms with Crippen LogP contribution >= 0.6 is 0 Å². The molecule has 2 rings (SSSR count). The topological polar surface area (TPSA) is 65.0 Å². The van der Waals surface area contributed by atoms with Crippen molar-refractivity contribution in [1.82, 2.24) is 15.2 Å². The first-order valence-corrected chi connectivity index (χ1v) is 4.73. The van der Waals surface area contributed by atoms with Gasteiger partial charge in [0.15, 0.2) is 0 Å². The van der Waals surface area contributed by atoms with Gasteiger partial charge in [0.05, 0.1) is 13.3 Å². The molecule has 0 N–H and O–H groups in total. The monoisotopic (exact) mass is 233 g/mol. The number of aromatic nitrogens is 3. The fourth-order valence-electron chi connectivity index (χ4n) is 1.23. The summed E-state index contributed by atoms with van der Waals surface area (Å²) >= 11 is 0. The van der Waals surface area contributed by atoms with Gasteiger partial charge in [-0.25, -0.2) is 4.39 Å². The molecule has 86 valence electrons. The Bertz CT molecular complexity index is 543. The normalized spacial score (nSPS) is 10.0. The molecule has 0 unspecified atom stereocenters. The maximum absolute atomic E-state index is 12.9. The molecular formula is C11H8FN3O2. The predicted octanol–water partition coefficient (Wildman–Crippen LogP) is 1.25. The number of carbonyl (C=O) groups is 1. The fourth-order valence-corrected chi connectivity index (χ4v) is 1.23. The van der Waals surface area contributed by atoms with Gasteiger partial charge in [-0.1, -0.05) is 0 Å². The third-order valence-electron chi connectivity index (χ3n) is 2.05. The number of hydrogen-bond acceptors (Lipinski definition) is 5. The van der Waals surface area contributed by atoms with E-state index in [2.05, 4.69) is 15.2 Å². The van der Waals surface area contributed by atoms with Gasteiger partial charge in [-0.2, -0.15) is 0 Å². The standard InChI is InChI=1S/C11H8FN3O2/c1-17-10-3-2-9(14-15-10)11(16)7-4-8(12)6-13-5-7/h2-6H,1H3. The van der Waals surface area contributed by atoms with Gasteiger partial charge in [0.1, 0.15) is 11.5 Å².